The highest BCUT2D eigenvalue weighted by atomic mass is 16.6. The molecule has 1 aliphatic rings. The van der Waals surface area contributed by atoms with Gasteiger partial charge in [-0.15, -0.1) is 0 Å². The second kappa shape index (κ2) is 32.8. The lowest BCUT2D eigenvalue weighted by Gasteiger charge is -2.41. The summed E-state index contributed by atoms with van der Waals surface area (Å²) in [6.45, 7) is 18.7. The molecule has 0 unspecified atom stereocenters. The van der Waals surface area contributed by atoms with Crippen molar-refractivity contribution in [1.82, 2.24) is 36.0 Å². The maximum atomic E-state index is 14.7. The molecular weight excluding hydrogens is 1030 g/mol. The number of carbonyl (C=O) groups is 8. The number of likely N-dealkylation sites (N-methyl/N-ethyl adjacent to an activating group) is 2. The Hall–Kier alpha value is -6.36. The molecule has 22 nitrogen and oxygen atoms in total. The van der Waals surface area contributed by atoms with Crippen LogP contribution >= 0.6 is 0 Å². The van der Waals surface area contributed by atoms with Crippen LogP contribution in [0.4, 0.5) is 15.3 Å². The molecule has 2 aromatic carbocycles. The van der Waals surface area contributed by atoms with Crippen molar-refractivity contribution >= 4 is 53.3 Å². The molecule has 0 aliphatic carbocycles. The van der Waals surface area contributed by atoms with E-state index in [1.54, 1.807) is 94.8 Å². The molecule has 0 aromatic heterocycles. The van der Waals surface area contributed by atoms with Gasteiger partial charge in [-0.2, -0.15) is 0 Å². The standard InChI is InChI=1S/C58H94N10O12/c1-15-36(8)49(44(78-13)31-45(69)68-30-20-24-43(68)51(79-14)37(9)52(71)62-38(10)50(70)40-21-17-16-18-22-40)66(11)56(75)47(34(4)5)65-55(74)48(35(6)7)67(12)58(77)80-32-39-25-27-41(28-26-39)63-53(72)42(23-19-29-61-57(60)76)64-54(73)46(59)33(2)3/h16-18,21-22,25-28,33-38,42-44,46-51,70H,15,19-20,23-24,29-32,59H2,1-14H3,(H,62,71)(H,63,72)(H,64,73)(H,65,74)(H3,60,61,76)/t36-,37+,38+,42+,43-,44+,46+,47-,48+,49-,50+,51+/m1/s1. The van der Waals surface area contributed by atoms with Crippen LogP contribution < -0.4 is 38.1 Å². The molecule has 22 heteroatoms. The number of aliphatic hydroxyl groups excluding tert-OH is 1. The van der Waals surface area contributed by atoms with E-state index in [0.717, 1.165) is 0 Å². The second-order valence-electron chi connectivity index (χ2n) is 22.3. The fraction of sp³-hybridized carbons (Fsp3) is 0.655. The van der Waals surface area contributed by atoms with Gasteiger partial charge in [0.1, 0.15) is 24.7 Å². The van der Waals surface area contributed by atoms with Gasteiger partial charge in [-0.1, -0.05) is 111 Å². The lowest BCUT2D eigenvalue weighted by Crippen LogP contribution is -2.60. The molecule has 0 radical (unpaired) electrons. The number of anilines is 1. The predicted molar refractivity (Wildman–Crippen MR) is 305 cm³/mol. The van der Waals surface area contributed by atoms with Crippen molar-refractivity contribution in [3.05, 3.63) is 65.7 Å². The minimum absolute atomic E-state index is 0.0747. The van der Waals surface area contributed by atoms with Crippen LogP contribution in [0.15, 0.2) is 54.6 Å². The zero-order valence-corrected chi connectivity index (χ0v) is 49.7. The Kier molecular flexibility index (Phi) is 27.8. The van der Waals surface area contributed by atoms with Crippen LogP contribution in [0.5, 0.6) is 0 Å². The second-order valence-corrected chi connectivity index (χ2v) is 22.3. The highest BCUT2D eigenvalue weighted by molar-refractivity contribution is 5.98. The molecule has 1 saturated heterocycles. The van der Waals surface area contributed by atoms with Gasteiger partial charge in [0, 0.05) is 47.1 Å². The van der Waals surface area contributed by atoms with Crippen LogP contribution in [0, 0.1) is 29.6 Å². The number of benzene rings is 2. The minimum Gasteiger partial charge on any atom is -0.445 e. The maximum Gasteiger partial charge on any atom is 0.410 e. The fourth-order valence-electron chi connectivity index (χ4n) is 10.2. The average molecular weight is 1120 g/mol. The summed E-state index contributed by atoms with van der Waals surface area (Å²) in [4.78, 5) is 112. The SMILES string of the molecule is CC[C@@H](C)[C@H]([C@H](CC(=O)N1CCC[C@@H]1[C@@H](OC)[C@H](C)C(=O)N[C@@H](C)[C@H](O)c1ccccc1)OC)N(C)C(=O)[C@H](NC(=O)[C@H](C(C)C)N(C)C(=O)OCc1ccc(NC(=O)[C@H](CCCNC(N)=O)NC(=O)[C@@H](N)C(C)C)cc1)C(C)C. The topological polar surface area (TPSA) is 306 Å². The molecule has 10 N–H and O–H groups in total. The molecule has 80 heavy (non-hydrogen) atoms. The Bertz CT molecular complexity index is 2320. The number of urea groups is 1. The first-order valence-corrected chi connectivity index (χ1v) is 28.0. The van der Waals surface area contributed by atoms with Crippen molar-refractivity contribution in [1.29, 1.82) is 0 Å². The Balaban J connectivity index is 1.70. The van der Waals surface area contributed by atoms with E-state index < -0.39 is 114 Å². The molecule has 1 fully saturated rings. The molecule has 3 rings (SSSR count). The lowest BCUT2D eigenvalue weighted by atomic mass is 9.89. The molecule has 448 valence electrons. The van der Waals surface area contributed by atoms with Crippen LogP contribution in [0.25, 0.3) is 0 Å². The van der Waals surface area contributed by atoms with E-state index in [1.807, 2.05) is 45.9 Å². The van der Waals surface area contributed by atoms with Gasteiger partial charge in [0.2, 0.25) is 35.4 Å². The van der Waals surface area contributed by atoms with Crippen LogP contribution in [0.2, 0.25) is 0 Å². The Labute approximate surface area is 473 Å². The van der Waals surface area contributed by atoms with Gasteiger partial charge in [-0.3, -0.25) is 33.7 Å². The van der Waals surface area contributed by atoms with E-state index >= 15 is 0 Å². The van der Waals surface area contributed by atoms with Gasteiger partial charge in [0.05, 0.1) is 54.8 Å². The summed E-state index contributed by atoms with van der Waals surface area (Å²) in [5.74, 6) is -4.32. The smallest absolute Gasteiger partial charge is 0.410 e. The number of hydrogen-bond acceptors (Lipinski definition) is 13. The monoisotopic (exact) mass is 1120 g/mol. The first-order chi connectivity index (χ1) is 37.7. The third-order valence-corrected chi connectivity index (χ3v) is 15.3. The quantitative estimate of drug-likeness (QED) is 0.0485. The molecule has 9 amide bonds. The third kappa shape index (κ3) is 19.4. The van der Waals surface area contributed by atoms with Crippen molar-refractivity contribution in [2.24, 2.45) is 41.1 Å². The van der Waals surface area contributed by atoms with E-state index in [4.69, 9.17) is 25.7 Å². The summed E-state index contributed by atoms with van der Waals surface area (Å²) in [5, 5.41) is 24.8. The van der Waals surface area contributed by atoms with E-state index in [1.165, 1.54) is 26.2 Å². The molecule has 12 atom stereocenters. The molecule has 1 heterocycles. The molecule has 0 spiro atoms. The van der Waals surface area contributed by atoms with E-state index in [0.29, 0.717) is 49.0 Å². The van der Waals surface area contributed by atoms with Gasteiger partial charge in [0.15, 0.2) is 0 Å². The van der Waals surface area contributed by atoms with Crippen molar-refractivity contribution in [3.63, 3.8) is 0 Å². The number of methoxy groups -OCH3 is 2. The normalized spacial score (nSPS) is 17.6. The number of nitrogens with two attached hydrogens (primary N) is 2. The number of carbonyl (C=O) groups excluding carboxylic acids is 8. The number of ether oxygens (including phenoxy) is 3. The zero-order valence-electron chi connectivity index (χ0n) is 49.7. The van der Waals surface area contributed by atoms with Crippen LogP contribution in [-0.4, -0.2) is 163 Å². The first-order valence-electron chi connectivity index (χ1n) is 28.0. The van der Waals surface area contributed by atoms with E-state index in [9.17, 15) is 43.5 Å². The number of hydrogen-bond donors (Lipinski definition) is 8. The average Bonchev–Trinajstić information content (AvgIpc) is 3.91. The molecular formula is C58H94N10O12. The van der Waals surface area contributed by atoms with Crippen molar-refractivity contribution < 1.29 is 57.7 Å². The lowest BCUT2D eigenvalue weighted by molar-refractivity contribution is -0.148. The molecule has 1 aliphatic heterocycles. The van der Waals surface area contributed by atoms with Crippen LogP contribution in [0.1, 0.15) is 125 Å². The Morgan fingerprint density at radius 1 is 0.775 bits per heavy atom. The largest absolute Gasteiger partial charge is 0.445 e. The number of primary amides is 1. The first kappa shape index (κ1) is 67.9. The number of rotatable bonds is 31. The van der Waals surface area contributed by atoms with Gasteiger partial charge in [-0.05, 0) is 79.5 Å². The van der Waals surface area contributed by atoms with Crippen molar-refractivity contribution in [2.45, 2.75) is 175 Å². The Morgan fingerprint density at radius 2 is 1.41 bits per heavy atom. The fourth-order valence-corrected chi connectivity index (χ4v) is 10.2. The maximum absolute atomic E-state index is 14.7. The number of likely N-dealkylation sites (tertiary alicyclic amines) is 1. The minimum atomic E-state index is -1.05. The van der Waals surface area contributed by atoms with Crippen molar-refractivity contribution in [3.8, 4) is 0 Å². The number of amides is 9. The summed E-state index contributed by atoms with van der Waals surface area (Å²) in [7, 11) is 6.12. The summed E-state index contributed by atoms with van der Waals surface area (Å²) in [6.07, 6.45) is -0.736. The summed E-state index contributed by atoms with van der Waals surface area (Å²) in [6, 6.07) is 9.37. The van der Waals surface area contributed by atoms with Gasteiger partial charge < -0.3 is 67.2 Å². The summed E-state index contributed by atoms with van der Waals surface area (Å²) < 4.78 is 17.7. The molecule has 0 bridgehead atoms. The number of nitrogens with zero attached hydrogens (tertiary/aromatic N) is 3. The van der Waals surface area contributed by atoms with Gasteiger partial charge in [0.25, 0.3) is 0 Å². The van der Waals surface area contributed by atoms with Crippen LogP contribution in [0.3, 0.4) is 0 Å². The predicted octanol–water partition coefficient (Wildman–Crippen LogP) is 4.43. The van der Waals surface area contributed by atoms with Gasteiger partial charge >= 0.3 is 12.1 Å². The summed E-state index contributed by atoms with van der Waals surface area (Å²) in [5.41, 5.74) is 12.8. The third-order valence-electron chi connectivity index (χ3n) is 15.3. The highest BCUT2D eigenvalue weighted by Gasteiger charge is 2.44. The number of nitrogens with one attached hydrogen (secondary N) is 5. The molecule has 2 aromatic rings. The zero-order chi connectivity index (χ0) is 60.1. The van der Waals surface area contributed by atoms with Gasteiger partial charge in [-0.25, -0.2) is 9.59 Å². The summed E-state index contributed by atoms with van der Waals surface area (Å²) >= 11 is 0. The highest BCUT2D eigenvalue weighted by Crippen LogP contribution is 2.30. The number of aliphatic hydroxyl groups is 1. The van der Waals surface area contributed by atoms with Crippen molar-refractivity contribution in [2.75, 3.05) is 46.7 Å². The van der Waals surface area contributed by atoms with Crippen LogP contribution in [-0.2, 0) is 49.6 Å². The van der Waals surface area contributed by atoms with E-state index in [-0.39, 0.29) is 49.6 Å². The Morgan fingerprint density at radius 3 is 1.96 bits per heavy atom. The molecule has 0 saturated carbocycles. The van der Waals surface area contributed by atoms with E-state index in [2.05, 4.69) is 26.6 Å².